The van der Waals surface area contributed by atoms with Gasteiger partial charge in [0, 0.05) is 13.0 Å². The van der Waals surface area contributed by atoms with Crippen molar-refractivity contribution in [2.24, 2.45) is 0 Å². The summed E-state index contributed by atoms with van der Waals surface area (Å²) < 4.78 is 0. The van der Waals surface area contributed by atoms with Crippen LogP contribution in [-0.4, -0.2) is 34.4 Å². The number of β-amino-alcohol motifs (C(OH)–C–C–N with tert-alkyl or cyclic N) is 1. The van der Waals surface area contributed by atoms with E-state index in [1.165, 1.54) is 0 Å². The van der Waals surface area contributed by atoms with Crippen molar-refractivity contribution in [2.45, 2.75) is 25.0 Å². The first-order valence-corrected chi connectivity index (χ1v) is 3.21. The Bertz CT molecular complexity index is 159. The van der Waals surface area contributed by atoms with E-state index in [2.05, 4.69) is 5.32 Å². The molecule has 4 nitrogen and oxygen atoms in total. The van der Waals surface area contributed by atoms with E-state index in [0.717, 1.165) is 0 Å². The van der Waals surface area contributed by atoms with Crippen LogP contribution in [0, 0.1) is 0 Å². The molecule has 1 saturated heterocycles. The van der Waals surface area contributed by atoms with E-state index in [9.17, 15) is 4.79 Å². The SMILES string of the molecule is CC1(C(=O)O)CC(O)CN1. The molecule has 0 aliphatic carbocycles. The maximum Gasteiger partial charge on any atom is 0.323 e. The van der Waals surface area contributed by atoms with E-state index in [-0.39, 0.29) is 0 Å². The topological polar surface area (TPSA) is 69.6 Å². The third kappa shape index (κ3) is 1.12. The van der Waals surface area contributed by atoms with E-state index in [4.69, 9.17) is 10.2 Å². The molecule has 0 radical (unpaired) electrons. The van der Waals surface area contributed by atoms with Gasteiger partial charge in [-0.25, -0.2) is 0 Å². The van der Waals surface area contributed by atoms with Crippen LogP contribution in [-0.2, 0) is 4.79 Å². The number of hydrogen-bond donors (Lipinski definition) is 3. The Hall–Kier alpha value is -0.610. The zero-order valence-electron chi connectivity index (χ0n) is 5.79. The van der Waals surface area contributed by atoms with Crippen molar-refractivity contribution in [1.82, 2.24) is 5.32 Å². The molecule has 10 heavy (non-hydrogen) atoms. The summed E-state index contributed by atoms with van der Waals surface area (Å²) >= 11 is 0. The van der Waals surface area contributed by atoms with Crippen LogP contribution in [0.15, 0.2) is 0 Å². The van der Waals surface area contributed by atoms with Crippen molar-refractivity contribution in [3.63, 3.8) is 0 Å². The van der Waals surface area contributed by atoms with E-state index >= 15 is 0 Å². The van der Waals surface area contributed by atoms with E-state index < -0.39 is 17.6 Å². The fourth-order valence-corrected chi connectivity index (χ4v) is 1.12. The van der Waals surface area contributed by atoms with Crippen LogP contribution < -0.4 is 5.32 Å². The molecule has 3 N–H and O–H groups in total. The maximum absolute atomic E-state index is 10.5. The lowest BCUT2D eigenvalue weighted by atomic mass is 10.0. The van der Waals surface area contributed by atoms with Crippen molar-refractivity contribution >= 4 is 5.97 Å². The van der Waals surface area contributed by atoms with Gasteiger partial charge in [-0.05, 0) is 6.92 Å². The first-order valence-electron chi connectivity index (χ1n) is 3.21. The van der Waals surface area contributed by atoms with Crippen LogP contribution in [0.3, 0.4) is 0 Å². The van der Waals surface area contributed by atoms with Gasteiger partial charge < -0.3 is 10.2 Å². The Morgan fingerprint density at radius 1 is 1.80 bits per heavy atom. The predicted molar refractivity (Wildman–Crippen MR) is 34.7 cm³/mol. The number of carboxylic acids is 1. The Labute approximate surface area is 58.9 Å². The summed E-state index contributed by atoms with van der Waals surface area (Å²) in [7, 11) is 0. The molecule has 4 heteroatoms. The average Bonchev–Trinajstić information content (AvgIpc) is 2.13. The lowest BCUT2D eigenvalue weighted by Gasteiger charge is -2.16. The molecule has 0 aromatic rings. The zero-order valence-corrected chi connectivity index (χ0v) is 5.79. The van der Waals surface area contributed by atoms with E-state index in [1.54, 1.807) is 6.92 Å². The van der Waals surface area contributed by atoms with Gasteiger partial charge in [-0.2, -0.15) is 0 Å². The van der Waals surface area contributed by atoms with Crippen molar-refractivity contribution in [1.29, 1.82) is 0 Å². The van der Waals surface area contributed by atoms with E-state index in [0.29, 0.717) is 13.0 Å². The summed E-state index contributed by atoms with van der Waals surface area (Å²) in [6.45, 7) is 1.95. The number of aliphatic hydroxyl groups excluding tert-OH is 1. The molecule has 0 amide bonds. The summed E-state index contributed by atoms with van der Waals surface area (Å²) in [5.41, 5.74) is -0.917. The maximum atomic E-state index is 10.5. The number of nitrogens with one attached hydrogen (secondary N) is 1. The molecular weight excluding hydrogens is 134 g/mol. The zero-order chi connectivity index (χ0) is 7.78. The predicted octanol–water partition coefficient (Wildman–Crippen LogP) is -0.816. The van der Waals surface area contributed by atoms with E-state index in [1.807, 2.05) is 0 Å². The van der Waals surface area contributed by atoms with Crippen molar-refractivity contribution < 1.29 is 15.0 Å². The van der Waals surface area contributed by atoms with Crippen molar-refractivity contribution in [3.05, 3.63) is 0 Å². The molecular formula is C6H11NO3. The molecule has 1 rings (SSSR count). The molecule has 0 bridgehead atoms. The number of rotatable bonds is 1. The summed E-state index contributed by atoms with van der Waals surface area (Å²) in [5.74, 6) is -0.899. The summed E-state index contributed by atoms with van der Waals surface area (Å²) in [4.78, 5) is 10.5. The van der Waals surface area contributed by atoms with Crippen molar-refractivity contribution in [2.75, 3.05) is 6.54 Å². The molecule has 0 saturated carbocycles. The highest BCUT2D eigenvalue weighted by atomic mass is 16.4. The van der Waals surface area contributed by atoms with Gasteiger partial charge in [-0.3, -0.25) is 10.1 Å². The molecule has 2 unspecified atom stereocenters. The first-order chi connectivity index (χ1) is 4.54. The highest BCUT2D eigenvalue weighted by Gasteiger charge is 2.40. The molecule has 1 fully saturated rings. The van der Waals surface area contributed by atoms with Gasteiger partial charge in [0.25, 0.3) is 0 Å². The molecule has 0 spiro atoms. The molecule has 1 heterocycles. The number of hydrogen-bond acceptors (Lipinski definition) is 3. The smallest absolute Gasteiger partial charge is 0.323 e. The number of aliphatic hydroxyl groups is 1. The van der Waals surface area contributed by atoms with Crippen LogP contribution in [0.4, 0.5) is 0 Å². The Morgan fingerprint density at radius 2 is 2.40 bits per heavy atom. The lowest BCUT2D eigenvalue weighted by molar-refractivity contribution is -0.143. The minimum Gasteiger partial charge on any atom is -0.480 e. The van der Waals surface area contributed by atoms with Crippen LogP contribution in [0.1, 0.15) is 13.3 Å². The fraction of sp³-hybridized carbons (Fsp3) is 0.833. The van der Waals surface area contributed by atoms with Crippen LogP contribution in [0.25, 0.3) is 0 Å². The summed E-state index contributed by atoms with van der Waals surface area (Å²) in [6.07, 6.45) is -0.219. The quantitative estimate of drug-likeness (QED) is 0.451. The highest BCUT2D eigenvalue weighted by molar-refractivity contribution is 5.78. The van der Waals surface area contributed by atoms with Crippen molar-refractivity contribution in [3.8, 4) is 0 Å². The highest BCUT2D eigenvalue weighted by Crippen LogP contribution is 2.18. The van der Waals surface area contributed by atoms with Crippen LogP contribution in [0.2, 0.25) is 0 Å². The molecule has 0 aromatic heterocycles. The number of carboxylic acid groups (broad SMARTS) is 1. The molecule has 2 atom stereocenters. The van der Waals surface area contributed by atoms with Gasteiger partial charge in [-0.1, -0.05) is 0 Å². The lowest BCUT2D eigenvalue weighted by Crippen LogP contribution is -2.44. The van der Waals surface area contributed by atoms with Gasteiger partial charge in [0.2, 0.25) is 0 Å². The van der Waals surface area contributed by atoms with Gasteiger partial charge in [-0.15, -0.1) is 0 Å². The van der Waals surface area contributed by atoms with Crippen LogP contribution >= 0.6 is 0 Å². The molecule has 0 aromatic carbocycles. The standard InChI is InChI=1S/C6H11NO3/c1-6(5(9)10)2-4(8)3-7-6/h4,7-8H,2-3H2,1H3,(H,9,10). The number of carbonyl (C=O) groups is 1. The third-order valence-corrected chi connectivity index (χ3v) is 1.84. The minimum atomic E-state index is -0.917. The molecule has 1 aliphatic heterocycles. The fourth-order valence-electron chi connectivity index (χ4n) is 1.12. The van der Waals surface area contributed by atoms with Gasteiger partial charge >= 0.3 is 5.97 Å². The second-order valence-corrected chi connectivity index (χ2v) is 2.88. The number of aliphatic carboxylic acids is 1. The van der Waals surface area contributed by atoms with Gasteiger partial charge in [0.05, 0.1) is 6.10 Å². The first kappa shape index (κ1) is 7.50. The monoisotopic (exact) mass is 145 g/mol. The summed E-state index contributed by atoms with van der Waals surface area (Å²) in [6, 6.07) is 0. The van der Waals surface area contributed by atoms with Gasteiger partial charge in [0.15, 0.2) is 0 Å². The summed E-state index contributed by atoms with van der Waals surface area (Å²) in [5, 5.41) is 20.3. The normalized spacial score (nSPS) is 40.0. The molecule has 58 valence electrons. The second-order valence-electron chi connectivity index (χ2n) is 2.88. The molecule has 1 aliphatic rings. The largest absolute Gasteiger partial charge is 0.480 e. The second kappa shape index (κ2) is 2.21. The Balaban J connectivity index is 2.63. The average molecular weight is 145 g/mol. The van der Waals surface area contributed by atoms with Gasteiger partial charge in [0.1, 0.15) is 5.54 Å². The minimum absolute atomic E-state index is 0.294. The Morgan fingerprint density at radius 3 is 2.60 bits per heavy atom. The Kier molecular flexibility index (Phi) is 1.66. The third-order valence-electron chi connectivity index (χ3n) is 1.84. The van der Waals surface area contributed by atoms with Crippen LogP contribution in [0.5, 0.6) is 0 Å².